The van der Waals surface area contributed by atoms with E-state index in [1.165, 1.54) is 63.4 Å². The van der Waals surface area contributed by atoms with Crippen LogP contribution in [0.3, 0.4) is 0 Å². The summed E-state index contributed by atoms with van der Waals surface area (Å²) in [7, 11) is 0. The molecule has 2 aromatic carbocycles. The molecule has 0 radical (unpaired) electrons. The summed E-state index contributed by atoms with van der Waals surface area (Å²) in [5.41, 5.74) is 6.37. The topological polar surface area (TPSA) is 102 Å². The van der Waals surface area contributed by atoms with Crippen LogP contribution < -0.4 is 4.74 Å². The Morgan fingerprint density at radius 2 is 1.24 bits per heavy atom. The number of esters is 2. The molecule has 0 bridgehead atoms. The third-order valence-electron chi connectivity index (χ3n) is 10.7. The molecule has 0 heterocycles. The Morgan fingerprint density at radius 3 is 1.74 bits per heavy atom. The number of ether oxygens (including phenoxy) is 3. The highest BCUT2D eigenvalue weighted by Gasteiger charge is 2.29. The monoisotopic (exact) mass is 688 g/mol. The lowest BCUT2D eigenvalue weighted by Gasteiger charge is -2.36. The van der Waals surface area contributed by atoms with Gasteiger partial charge in [-0.15, -0.1) is 0 Å². The Kier molecular flexibility index (Phi) is 16.1. The second-order valence-electron chi connectivity index (χ2n) is 14.7. The maximum Gasteiger partial charge on any atom is 0.333 e. The van der Waals surface area contributed by atoms with E-state index >= 15 is 0 Å². The molecule has 0 saturated heterocycles. The van der Waals surface area contributed by atoms with Crippen LogP contribution in [-0.2, 0) is 31.9 Å². The quantitative estimate of drug-likeness (QED) is 0.0865. The van der Waals surface area contributed by atoms with Gasteiger partial charge in [-0.25, -0.2) is 9.59 Å². The van der Waals surface area contributed by atoms with E-state index in [1.807, 2.05) is 0 Å². The molecule has 0 aromatic heterocycles. The lowest BCUT2D eigenvalue weighted by atomic mass is 9.70. The normalized spacial score (nSPS) is 18.1. The van der Waals surface area contributed by atoms with Crippen molar-refractivity contribution < 1.29 is 34.0 Å². The number of carbonyl (C=O) groups is 2. The van der Waals surface area contributed by atoms with Gasteiger partial charge in [0.15, 0.2) is 0 Å². The van der Waals surface area contributed by atoms with Crippen molar-refractivity contribution >= 4 is 11.9 Å². The van der Waals surface area contributed by atoms with Gasteiger partial charge in [0.1, 0.15) is 5.75 Å². The molecule has 2 aromatic rings. The van der Waals surface area contributed by atoms with Crippen LogP contribution in [0.15, 0.2) is 60.7 Å². The minimum atomic E-state index is -0.401. The van der Waals surface area contributed by atoms with Crippen molar-refractivity contribution in [2.75, 3.05) is 33.0 Å². The van der Waals surface area contributed by atoms with E-state index in [9.17, 15) is 19.8 Å². The van der Waals surface area contributed by atoms with Gasteiger partial charge >= 0.3 is 11.9 Å². The minimum Gasteiger partial charge on any atom is -0.493 e. The summed E-state index contributed by atoms with van der Waals surface area (Å²) in [6.07, 6.45) is 15.3. The third-order valence-corrected chi connectivity index (χ3v) is 10.7. The van der Waals surface area contributed by atoms with Crippen molar-refractivity contribution in [2.24, 2.45) is 17.8 Å². The molecule has 2 aliphatic carbocycles. The average Bonchev–Trinajstić information content (AvgIpc) is 3.14. The zero-order chi connectivity index (χ0) is 35.9. The van der Waals surface area contributed by atoms with Gasteiger partial charge < -0.3 is 24.4 Å². The van der Waals surface area contributed by atoms with E-state index in [0.29, 0.717) is 55.8 Å². The van der Waals surface area contributed by atoms with Crippen LogP contribution >= 0.6 is 0 Å². The van der Waals surface area contributed by atoms with Crippen LogP contribution in [0.5, 0.6) is 5.75 Å². The lowest BCUT2D eigenvalue weighted by molar-refractivity contribution is -0.139. The molecule has 274 valence electrons. The fraction of sp³-hybridized carbons (Fsp3) is 0.581. The number of benzene rings is 2. The summed E-state index contributed by atoms with van der Waals surface area (Å²) in [6, 6.07) is 13.4. The number of hydrogen-bond donors (Lipinski definition) is 2. The number of aliphatic hydroxyl groups excluding tert-OH is 2. The van der Waals surface area contributed by atoms with Crippen molar-refractivity contribution in [3.8, 4) is 16.9 Å². The second-order valence-corrected chi connectivity index (χ2v) is 14.7. The number of hydrogen-bond acceptors (Lipinski definition) is 7. The Hall–Kier alpha value is -3.42. The Bertz CT molecular complexity index is 1340. The zero-order valence-corrected chi connectivity index (χ0v) is 30.6. The zero-order valence-electron chi connectivity index (χ0n) is 30.6. The van der Waals surface area contributed by atoms with Crippen LogP contribution in [0.25, 0.3) is 11.1 Å². The smallest absolute Gasteiger partial charge is 0.333 e. The van der Waals surface area contributed by atoms with Gasteiger partial charge in [-0.1, -0.05) is 69.5 Å². The number of carbonyl (C=O) groups excluding carboxylic acids is 2. The van der Waals surface area contributed by atoms with Crippen LogP contribution in [0.2, 0.25) is 0 Å². The van der Waals surface area contributed by atoms with Crippen molar-refractivity contribution in [2.45, 2.75) is 110 Å². The molecular weight excluding hydrogens is 628 g/mol. The van der Waals surface area contributed by atoms with Crippen molar-refractivity contribution in [3.05, 3.63) is 77.4 Å². The highest BCUT2D eigenvalue weighted by molar-refractivity contribution is 5.87. The van der Waals surface area contributed by atoms with Gasteiger partial charge in [0.25, 0.3) is 0 Å². The van der Waals surface area contributed by atoms with Gasteiger partial charge in [0.05, 0.1) is 19.8 Å². The van der Waals surface area contributed by atoms with E-state index < -0.39 is 11.9 Å². The maximum absolute atomic E-state index is 12.0. The van der Waals surface area contributed by atoms with Gasteiger partial charge in [0.2, 0.25) is 0 Å². The summed E-state index contributed by atoms with van der Waals surface area (Å²) in [6.45, 7) is 11.2. The molecular formula is C43H60O7. The van der Waals surface area contributed by atoms with Gasteiger partial charge in [-0.05, 0) is 129 Å². The van der Waals surface area contributed by atoms with E-state index in [2.05, 4.69) is 49.6 Å². The molecule has 0 amide bonds. The first-order chi connectivity index (χ1) is 24.2. The molecule has 2 N–H and O–H groups in total. The van der Waals surface area contributed by atoms with Gasteiger partial charge in [-0.3, -0.25) is 0 Å². The largest absolute Gasteiger partial charge is 0.493 e. The van der Waals surface area contributed by atoms with E-state index in [0.717, 1.165) is 39.8 Å². The van der Waals surface area contributed by atoms with E-state index in [4.69, 9.17) is 14.2 Å². The predicted octanol–water partition coefficient (Wildman–Crippen LogP) is 8.68. The molecule has 0 atom stereocenters. The van der Waals surface area contributed by atoms with Crippen molar-refractivity contribution in [1.82, 2.24) is 0 Å². The van der Waals surface area contributed by atoms with Gasteiger partial charge in [-0.2, -0.15) is 0 Å². The lowest BCUT2D eigenvalue weighted by Crippen LogP contribution is -2.23. The van der Waals surface area contributed by atoms with Crippen LogP contribution in [0.1, 0.15) is 114 Å². The Labute approximate surface area is 300 Å². The Balaban J connectivity index is 1.54. The molecule has 0 spiro atoms. The van der Waals surface area contributed by atoms with Crippen LogP contribution in [-0.4, -0.2) is 55.2 Å². The SMILES string of the molecule is C=C(C)C(=O)OCCCc1cc(-c2ccc(C3CCC(C4CCCCC4)CC3)cc2)cc(CCCOC(=O)C(=C)C)c1OCCC(CO)CO. The highest BCUT2D eigenvalue weighted by Crippen LogP contribution is 2.43. The summed E-state index contributed by atoms with van der Waals surface area (Å²) in [5, 5.41) is 19.2. The molecule has 2 saturated carbocycles. The predicted molar refractivity (Wildman–Crippen MR) is 199 cm³/mol. The summed E-state index contributed by atoms with van der Waals surface area (Å²) in [4.78, 5) is 24.0. The maximum atomic E-state index is 12.0. The van der Waals surface area contributed by atoms with E-state index in [-0.39, 0.29) is 32.3 Å². The first-order valence-corrected chi connectivity index (χ1v) is 19.0. The fourth-order valence-corrected chi connectivity index (χ4v) is 7.62. The van der Waals surface area contributed by atoms with Crippen molar-refractivity contribution in [3.63, 3.8) is 0 Å². The molecule has 0 aliphatic heterocycles. The van der Waals surface area contributed by atoms with Crippen LogP contribution in [0.4, 0.5) is 0 Å². The molecule has 2 aliphatic rings. The number of rotatable bonds is 19. The molecule has 50 heavy (non-hydrogen) atoms. The number of aryl methyl sites for hydroxylation is 2. The van der Waals surface area contributed by atoms with Gasteiger partial charge in [0, 0.05) is 30.3 Å². The third kappa shape index (κ3) is 11.8. The molecule has 2 fully saturated rings. The van der Waals surface area contributed by atoms with E-state index in [1.54, 1.807) is 13.8 Å². The molecule has 7 nitrogen and oxygen atoms in total. The summed E-state index contributed by atoms with van der Waals surface area (Å²) < 4.78 is 17.2. The average molecular weight is 689 g/mol. The Morgan fingerprint density at radius 1 is 0.720 bits per heavy atom. The van der Waals surface area contributed by atoms with Crippen molar-refractivity contribution in [1.29, 1.82) is 0 Å². The minimum absolute atomic E-state index is 0.112. The fourth-order valence-electron chi connectivity index (χ4n) is 7.62. The first-order valence-electron chi connectivity index (χ1n) is 19.0. The molecule has 7 heteroatoms. The molecule has 0 unspecified atom stereocenters. The summed E-state index contributed by atoms with van der Waals surface area (Å²) >= 11 is 0. The second kappa shape index (κ2) is 20.4. The van der Waals surface area contributed by atoms with Crippen LogP contribution in [0, 0.1) is 17.8 Å². The number of aliphatic hydroxyl groups is 2. The molecule has 4 rings (SSSR count). The highest BCUT2D eigenvalue weighted by atomic mass is 16.5. The standard InChI is InChI=1S/C43H60O7/c1-30(2)42(46)49-23-8-12-38-26-40(27-39(13-9-24-50-43(47)31(3)4)41(38)48-25-22-32(28-44)29-45)37-20-18-36(19-21-37)35-16-14-34(15-17-35)33-10-6-5-7-11-33/h18-21,26-27,32-35,44-45H,1,3,5-17,22-25,28-29H2,2,4H3. The first kappa shape index (κ1) is 39.4. The summed E-state index contributed by atoms with van der Waals surface area (Å²) in [5.74, 6) is 2.18.